The van der Waals surface area contributed by atoms with E-state index in [1.54, 1.807) is 0 Å². The minimum Gasteiger partial charge on any atom is -0.550 e. The fourth-order valence-electron chi connectivity index (χ4n) is 0.462. The molecule has 10 nitrogen and oxygen atoms in total. The van der Waals surface area contributed by atoms with Crippen molar-refractivity contribution in [2.75, 3.05) is 0 Å². The monoisotopic (exact) mass is 287 g/mol. The number of aliphatic hydroxyl groups excluding tert-OH is 2. The number of carbonyl (C=O) groups is 4. The average molecular weight is 287 g/mol. The van der Waals surface area contributed by atoms with Gasteiger partial charge >= 0.3 is 29.6 Å². The van der Waals surface area contributed by atoms with Crippen molar-refractivity contribution < 1.29 is 79.4 Å². The van der Waals surface area contributed by atoms with Crippen LogP contribution in [0.5, 0.6) is 0 Å². The van der Waals surface area contributed by atoms with Crippen molar-refractivity contribution in [2.45, 2.75) is 25.0 Å². The van der Waals surface area contributed by atoms with Crippen LogP contribution in [0, 0.1) is 0 Å². The van der Waals surface area contributed by atoms with Crippen LogP contribution in [-0.2, 0) is 19.2 Å². The number of aliphatic carboxylic acids is 4. The molecule has 11 heteroatoms. The SMILES string of the molecule is O=C([O-])C(O)C(O)C(=O)[O-].O=C([O-])CCC(=O)[O-].[Na+]. The van der Waals surface area contributed by atoms with Gasteiger partial charge in [-0.1, -0.05) is 0 Å². The average Bonchev–Trinajstić information content (AvgIpc) is 2.24. The molecule has 0 aromatic carbocycles. The molecule has 0 amide bonds. The van der Waals surface area contributed by atoms with Crippen LogP contribution in [-0.4, -0.2) is 46.3 Å². The first-order valence-electron chi connectivity index (χ1n) is 4.27. The van der Waals surface area contributed by atoms with Crippen LogP contribution in [0.2, 0.25) is 0 Å². The van der Waals surface area contributed by atoms with E-state index in [1.807, 2.05) is 0 Å². The molecule has 0 heterocycles. The second kappa shape index (κ2) is 11.9. The first-order valence-corrected chi connectivity index (χ1v) is 4.27. The third-order valence-electron chi connectivity index (χ3n) is 1.32. The molecule has 0 aromatic heterocycles. The molecule has 0 bridgehead atoms. The van der Waals surface area contributed by atoms with E-state index < -0.39 is 48.9 Å². The second-order valence-electron chi connectivity index (χ2n) is 2.77. The summed E-state index contributed by atoms with van der Waals surface area (Å²) < 4.78 is 0. The van der Waals surface area contributed by atoms with Gasteiger partial charge in [-0.3, -0.25) is 0 Å². The third-order valence-corrected chi connectivity index (χ3v) is 1.32. The Morgan fingerprint density at radius 2 is 0.947 bits per heavy atom. The van der Waals surface area contributed by atoms with E-state index in [2.05, 4.69) is 0 Å². The van der Waals surface area contributed by atoms with Crippen molar-refractivity contribution in [1.82, 2.24) is 0 Å². The molecule has 2 N–H and O–H groups in total. The maximum atomic E-state index is 9.63. The molecular formula is C8H8NaO10-3. The van der Waals surface area contributed by atoms with Crippen molar-refractivity contribution >= 4 is 23.9 Å². The molecular weight excluding hydrogens is 279 g/mol. The van der Waals surface area contributed by atoms with Gasteiger partial charge in [0.1, 0.15) is 12.2 Å². The fraction of sp³-hybridized carbons (Fsp3) is 0.500. The van der Waals surface area contributed by atoms with Crippen LogP contribution < -0.4 is 50.0 Å². The molecule has 0 rings (SSSR count). The van der Waals surface area contributed by atoms with Crippen molar-refractivity contribution in [3.05, 3.63) is 0 Å². The van der Waals surface area contributed by atoms with Crippen molar-refractivity contribution in [3.63, 3.8) is 0 Å². The van der Waals surface area contributed by atoms with Gasteiger partial charge in [-0.25, -0.2) is 0 Å². The van der Waals surface area contributed by atoms with Crippen molar-refractivity contribution in [2.24, 2.45) is 0 Å². The molecule has 2 atom stereocenters. The Balaban J connectivity index is -0.000000262. The minimum absolute atomic E-state index is 0. The Hall–Kier alpha value is -1.20. The van der Waals surface area contributed by atoms with E-state index >= 15 is 0 Å². The van der Waals surface area contributed by atoms with Crippen LogP contribution >= 0.6 is 0 Å². The normalized spacial score (nSPS) is 11.9. The number of hydrogen-bond acceptors (Lipinski definition) is 10. The summed E-state index contributed by atoms with van der Waals surface area (Å²) in [5.41, 5.74) is 0. The number of aliphatic hydroxyl groups is 2. The number of carbonyl (C=O) groups excluding carboxylic acids is 4. The minimum atomic E-state index is -2.44. The van der Waals surface area contributed by atoms with Crippen LogP contribution in [0.3, 0.4) is 0 Å². The summed E-state index contributed by atoms with van der Waals surface area (Å²) in [6.07, 6.45) is -5.82. The van der Waals surface area contributed by atoms with Gasteiger partial charge in [0.15, 0.2) is 0 Å². The molecule has 0 saturated heterocycles. The number of carboxylic acids is 4. The second-order valence-corrected chi connectivity index (χ2v) is 2.77. The largest absolute Gasteiger partial charge is 1.00 e. The molecule has 0 fully saturated rings. The summed E-state index contributed by atoms with van der Waals surface area (Å²) in [4.78, 5) is 38.3. The van der Waals surface area contributed by atoms with Gasteiger partial charge in [0.2, 0.25) is 0 Å². The molecule has 0 radical (unpaired) electrons. The van der Waals surface area contributed by atoms with Crippen molar-refractivity contribution in [1.29, 1.82) is 0 Å². The maximum absolute atomic E-state index is 9.63. The number of hydrogen-bond donors (Lipinski definition) is 2. The summed E-state index contributed by atoms with van der Waals surface area (Å²) in [7, 11) is 0. The molecule has 19 heavy (non-hydrogen) atoms. The van der Waals surface area contributed by atoms with Crippen LogP contribution in [0.4, 0.5) is 0 Å². The van der Waals surface area contributed by atoms with Gasteiger partial charge in [-0.05, 0) is 12.8 Å². The van der Waals surface area contributed by atoms with Crippen LogP contribution in [0.1, 0.15) is 12.8 Å². The fourth-order valence-corrected chi connectivity index (χ4v) is 0.462. The first kappa shape index (κ1) is 22.9. The van der Waals surface area contributed by atoms with Gasteiger partial charge < -0.3 is 49.8 Å². The predicted molar refractivity (Wildman–Crippen MR) is 41.3 cm³/mol. The van der Waals surface area contributed by atoms with E-state index in [0.717, 1.165) is 0 Å². The first-order chi connectivity index (χ1) is 8.09. The van der Waals surface area contributed by atoms with Gasteiger partial charge in [-0.15, -0.1) is 0 Å². The van der Waals surface area contributed by atoms with E-state index in [4.69, 9.17) is 10.2 Å². The van der Waals surface area contributed by atoms with Gasteiger partial charge in [0.05, 0.1) is 11.9 Å². The Kier molecular flexibility index (Phi) is 14.3. The molecule has 0 aliphatic heterocycles. The summed E-state index contributed by atoms with van der Waals surface area (Å²) in [5.74, 6) is -6.85. The summed E-state index contributed by atoms with van der Waals surface area (Å²) in [5, 5.41) is 54.7. The molecule has 0 aliphatic carbocycles. The van der Waals surface area contributed by atoms with Crippen molar-refractivity contribution in [3.8, 4) is 0 Å². The Bertz CT molecular complexity index is 295. The van der Waals surface area contributed by atoms with Gasteiger partial charge in [0, 0.05) is 11.9 Å². The molecule has 0 spiro atoms. The van der Waals surface area contributed by atoms with Gasteiger partial charge in [-0.2, -0.15) is 0 Å². The number of rotatable bonds is 6. The molecule has 0 aliphatic rings. The molecule has 0 aromatic rings. The summed E-state index contributed by atoms with van der Waals surface area (Å²) in [6, 6.07) is 0. The van der Waals surface area contributed by atoms with E-state index in [-0.39, 0.29) is 29.6 Å². The van der Waals surface area contributed by atoms with E-state index in [9.17, 15) is 39.6 Å². The Morgan fingerprint density at radius 1 is 0.737 bits per heavy atom. The number of carboxylic acid groups (broad SMARTS) is 4. The quantitative estimate of drug-likeness (QED) is 0.441. The smallest absolute Gasteiger partial charge is 0.550 e. The Morgan fingerprint density at radius 3 is 1.05 bits per heavy atom. The van der Waals surface area contributed by atoms with Crippen LogP contribution in [0.25, 0.3) is 0 Å². The summed E-state index contributed by atoms with van der Waals surface area (Å²) in [6.45, 7) is 0. The molecule has 0 saturated carbocycles. The standard InChI is InChI=1S/C4H6O6.C4H6O4.Na/c5-1(3(7)8)2(6)4(9)10;5-3(6)1-2-4(7)8;/h1-2,5-6H,(H,7,8)(H,9,10);1-2H2,(H,5,6)(H,7,8);/q;;+1/p-4. The zero-order chi connectivity index (χ0) is 14.9. The summed E-state index contributed by atoms with van der Waals surface area (Å²) >= 11 is 0. The third kappa shape index (κ3) is 14.7. The zero-order valence-corrected chi connectivity index (χ0v) is 11.7. The predicted octanol–water partition coefficient (Wildman–Crippen LogP) is -10.5. The van der Waals surface area contributed by atoms with E-state index in [1.165, 1.54) is 0 Å². The Labute approximate surface area is 128 Å². The topological polar surface area (TPSA) is 201 Å². The maximum Gasteiger partial charge on any atom is 1.00 e. The molecule has 104 valence electrons. The molecule has 2 unspecified atom stereocenters. The van der Waals surface area contributed by atoms with E-state index in [0.29, 0.717) is 0 Å². The van der Waals surface area contributed by atoms with Gasteiger partial charge in [0.25, 0.3) is 0 Å². The van der Waals surface area contributed by atoms with Crippen LogP contribution in [0.15, 0.2) is 0 Å². The zero-order valence-electron chi connectivity index (χ0n) is 9.73.